The van der Waals surface area contributed by atoms with Gasteiger partial charge in [-0.3, -0.25) is 4.90 Å². The van der Waals surface area contributed by atoms with Gasteiger partial charge in [0.15, 0.2) is 0 Å². The first-order chi connectivity index (χ1) is 11.8. The molecular weight excluding hydrogens is 302 g/mol. The zero-order valence-corrected chi connectivity index (χ0v) is 13.2. The summed E-state index contributed by atoms with van der Waals surface area (Å²) < 4.78 is 6.44. The highest BCUT2D eigenvalue weighted by Gasteiger charge is 2.35. The number of rotatable bonds is 2. The lowest BCUT2D eigenvalue weighted by molar-refractivity contribution is -0.00700. The van der Waals surface area contributed by atoms with Crippen LogP contribution in [-0.4, -0.2) is 45.6 Å². The summed E-state index contributed by atoms with van der Waals surface area (Å²) in [6.07, 6.45) is 6.13. The number of ether oxygens (including phenoxy) is 1. The Balaban J connectivity index is 1.61. The van der Waals surface area contributed by atoms with E-state index in [1.165, 1.54) is 25.9 Å². The molecule has 3 aromatic heterocycles. The Hall–Kier alpha value is -2.65. The summed E-state index contributed by atoms with van der Waals surface area (Å²) in [6.45, 7) is 3.39. The molecule has 3 fully saturated rings. The molecule has 2 bridgehead atoms. The predicted octanol–water partition coefficient (Wildman–Crippen LogP) is 2.46. The molecule has 1 unspecified atom stereocenters. The SMILES string of the molecule is N#Cc1cc2c(cn1)[nH]c1nccc(OC3CN4CCC3CC4)c12. The number of pyridine rings is 2. The number of H-pyrrole nitrogens is 1. The van der Waals surface area contributed by atoms with Crippen LogP contribution in [0.4, 0.5) is 0 Å². The quantitative estimate of drug-likeness (QED) is 0.785. The van der Waals surface area contributed by atoms with Crippen molar-refractivity contribution in [1.29, 1.82) is 5.26 Å². The summed E-state index contributed by atoms with van der Waals surface area (Å²) in [7, 11) is 0. The Morgan fingerprint density at radius 1 is 1.29 bits per heavy atom. The number of piperidine rings is 3. The summed E-state index contributed by atoms with van der Waals surface area (Å²) in [5.74, 6) is 1.49. The van der Waals surface area contributed by atoms with Crippen LogP contribution in [0.15, 0.2) is 24.5 Å². The van der Waals surface area contributed by atoms with E-state index < -0.39 is 0 Å². The van der Waals surface area contributed by atoms with E-state index in [1.807, 2.05) is 6.07 Å². The third-order valence-corrected chi connectivity index (χ3v) is 5.33. The number of fused-ring (bicyclic) bond motifs is 6. The zero-order valence-electron chi connectivity index (χ0n) is 13.2. The Kier molecular flexibility index (Phi) is 2.97. The van der Waals surface area contributed by atoms with Gasteiger partial charge in [-0.05, 0) is 44.0 Å². The van der Waals surface area contributed by atoms with Crippen molar-refractivity contribution < 1.29 is 4.74 Å². The molecule has 1 atom stereocenters. The summed E-state index contributed by atoms with van der Waals surface area (Å²) in [4.78, 5) is 14.3. The summed E-state index contributed by atoms with van der Waals surface area (Å²) >= 11 is 0. The topological polar surface area (TPSA) is 77.8 Å². The lowest BCUT2D eigenvalue weighted by atomic mass is 9.86. The monoisotopic (exact) mass is 319 g/mol. The Morgan fingerprint density at radius 2 is 2.17 bits per heavy atom. The van der Waals surface area contributed by atoms with Gasteiger partial charge >= 0.3 is 0 Å². The number of hydrogen-bond donors (Lipinski definition) is 1. The molecule has 1 N–H and O–H groups in total. The minimum Gasteiger partial charge on any atom is -0.488 e. The third kappa shape index (κ3) is 2.05. The van der Waals surface area contributed by atoms with Crippen molar-refractivity contribution in [3.63, 3.8) is 0 Å². The Bertz CT molecular complexity index is 965. The maximum atomic E-state index is 9.13. The molecule has 0 aliphatic carbocycles. The van der Waals surface area contributed by atoms with E-state index >= 15 is 0 Å². The van der Waals surface area contributed by atoms with Crippen LogP contribution in [0.25, 0.3) is 21.9 Å². The van der Waals surface area contributed by atoms with Crippen LogP contribution in [0.5, 0.6) is 5.75 Å². The standard InChI is InChI=1S/C18H17N5O/c19-8-12-7-13-14(9-21-12)22-18-17(13)15(1-4-20-18)24-16-10-23-5-2-11(16)3-6-23/h1,4,7,9,11,16H,2-3,5-6,10H2,(H,20,22). The highest BCUT2D eigenvalue weighted by Crippen LogP contribution is 2.36. The van der Waals surface area contributed by atoms with Crippen LogP contribution in [0.3, 0.4) is 0 Å². The molecule has 0 spiro atoms. The summed E-state index contributed by atoms with van der Waals surface area (Å²) in [6, 6.07) is 5.84. The van der Waals surface area contributed by atoms with Gasteiger partial charge in [0.1, 0.15) is 29.3 Å². The van der Waals surface area contributed by atoms with Crippen LogP contribution in [0.1, 0.15) is 18.5 Å². The van der Waals surface area contributed by atoms with Gasteiger partial charge in [0.25, 0.3) is 0 Å². The van der Waals surface area contributed by atoms with Gasteiger partial charge in [-0.1, -0.05) is 0 Å². The van der Waals surface area contributed by atoms with Crippen LogP contribution >= 0.6 is 0 Å². The predicted molar refractivity (Wildman–Crippen MR) is 89.7 cm³/mol. The van der Waals surface area contributed by atoms with Crippen LogP contribution < -0.4 is 4.74 Å². The average molecular weight is 319 g/mol. The first-order valence-electron chi connectivity index (χ1n) is 8.37. The number of nitrogens with one attached hydrogen (secondary N) is 1. The van der Waals surface area contributed by atoms with Gasteiger partial charge in [-0.2, -0.15) is 5.26 Å². The second-order valence-electron chi connectivity index (χ2n) is 6.68. The van der Waals surface area contributed by atoms with Crippen molar-refractivity contribution in [2.45, 2.75) is 18.9 Å². The molecule has 0 saturated carbocycles. The molecule has 120 valence electrons. The molecule has 3 aromatic rings. The Morgan fingerprint density at radius 3 is 2.92 bits per heavy atom. The van der Waals surface area contributed by atoms with Crippen molar-refractivity contribution in [1.82, 2.24) is 19.9 Å². The van der Waals surface area contributed by atoms with Gasteiger partial charge in [-0.25, -0.2) is 9.97 Å². The molecule has 6 rings (SSSR count). The normalized spacial score (nSPS) is 25.9. The fraction of sp³-hybridized carbons (Fsp3) is 0.389. The van der Waals surface area contributed by atoms with Gasteiger partial charge in [0, 0.05) is 18.1 Å². The van der Waals surface area contributed by atoms with Gasteiger partial charge in [0.2, 0.25) is 0 Å². The lowest BCUT2D eigenvalue weighted by Crippen LogP contribution is -2.52. The van der Waals surface area contributed by atoms with E-state index in [2.05, 4.69) is 25.9 Å². The maximum Gasteiger partial charge on any atom is 0.142 e. The molecule has 3 aliphatic heterocycles. The van der Waals surface area contributed by atoms with E-state index in [-0.39, 0.29) is 6.10 Å². The maximum absolute atomic E-state index is 9.13. The molecule has 0 radical (unpaired) electrons. The molecule has 24 heavy (non-hydrogen) atoms. The highest BCUT2D eigenvalue weighted by atomic mass is 16.5. The molecule has 0 amide bonds. The minimum absolute atomic E-state index is 0.236. The zero-order chi connectivity index (χ0) is 16.1. The summed E-state index contributed by atoms with van der Waals surface area (Å²) in [5, 5.41) is 11.0. The van der Waals surface area contributed by atoms with Crippen molar-refractivity contribution in [2.24, 2.45) is 5.92 Å². The number of aromatic amines is 1. The lowest BCUT2D eigenvalue weighted by Gasteiger charge is -2.44. The fourth-order valence-corrected chi connectivity index (χ4v) is 4.06. The Labute approximate surface area is 139 Å². The molecule has 0 aromatic carbocycles. The van der Waals surface area contributed by atoms with Crippen molar-refractivity contribution in [2.75, 3.05) is 19.6 Å². The molecular formula is C18H17N5O. The number of hydrogen-bond acceptors (Lipinski definition) is 5. The fourth-order valence-electron chi connectivity index (χ4n) is 4.06. The smallest absolute Gasteiger partial charge is 0.142 e. The second-order valence-corrected chi connectivity index (χ2v) is 6.68. The van der Waals surface area contributed by atoms with E-state index in [0.717, 1.165) is 34.2 Å². The van der Waals surface area contributed by atoms with Crippen LogP contribution in [0.2, 0.25) is 0 Å². The number of nitriles is 1. The van der Waals surface area contributed by atoms with Crippen molar-refractivity contribution >= 4 is 21.9 Å². The third-order valence-electron chi connectivity index (χ3n) is 5.33. The highest BCUT2D eigenvalue weighted by molar-refractivity contribution is 6.09. The summed E-state index contributed by atoms with van der Waals surface area (Å²) in [5.41, 5.74) is 2.06. The molecule has 3 saturated heterocycles. The van der Waals surface area contributed by atoms with Gasteiger partial charge < -0.3 is 9.72 Å². The van der Waals surface area contributed by atoms with Crippen LogP contribution in [0, 0.1) is 17.2 Å². The van der Waals surface area contributed by atoms with Crippen molar-refractivity contribution in [3.8, 4) is 11.8 Å². The largest absolute Gasteiger partial charge is 0.488 e. The second kappa shape index (κ2) is 5.18. The van der Waals surface area contributed by atoms with E-state index in [4.69, 9.17) is 10.00 Å². The van der Waals surface area contributed by atoms with Crippen LogP contribution in [-0.2, 0) is 0 Å². The first-order valence-corrected chi connectivity index (χ1v) is 8.37. The van der Waals surface area contributed by atoms with E-state index in [9.17, 15) is 0 Å². The molecule has 3 aliphatic rings. The molecule has 6 nitrogen and oxygen atoms in total. The number of nitrogens with zero attached hydrogens (tertiary/aromatic N) is 4. The molecule has 6 heteroatoms. The number of aromatic nitrogens is 3. The van der Waals surface area contributed by atoms with Crippen molar-refractivity contribution in [3.05, 3.63) is 30.2 Å². The first kappa shape index (κ1) is 13.8. The average Bonchev–Trinajstić information content (AvgIpc) is 3.01. The van der Waals surface area contributed by atoms with E-state index in [0.29, 0.717) is 11.6 Å². The van der Waals surface area contributed by atoms with Gasteiger partial charge in [-0.15, -0.1) is 0 Å². The van der Waals surface area contributed by atoms with E-state index in [1.54, 1.807) is 18.5 Å². The minimum atomic E-state index is 0.236. The molecule has 6 heterocycles. The van der Waals surface area contributed by atoms with Gasteiger partial charge in [0.05, 0.1) is 17.1 Å².